The minimum atomic E-state index is -0.422. The van der Waals surface area contributed by atoms with E-state index < -0.39 is 4.92 Å². The molecule has 5 heteroatoms. The molecular weight excluding hydrogens is 220 g/mol. The maximum atomic E-state index is 10.8. The van der Waals surface area contributed by atoms with E-state index in [9.17, 15) is 10.1 Å². The van der Waals surface area contributed by atoms with Crippen molar-refractivity contribution in [3.63, 3.8) is 0 Å². The van der Waals surface area contributed by atoms with Gasteiger partial charge in [0, 0.05) is 23.9 Å². The Morgan fingerprint density at radius 3 is 2.82 bits per heavy atom. The van der Waals surface area contributed by atoms with Gasteiger partial charge in [-0.25, -0.2) is 0 Å². The van der Waals surface area contributed by atoms with Crippen LogP contribution in [-0.4, -0.2) is 17.6 Å². The molecule has 0 spiro atoms. The van der Waals surface area contributed by atoms with Crippen LogP contribution in [0.2, 0.25) is 0 Å². The van der Waals surface area contributed by atoms with Gasteiger partial charge in [-0.05, 0) is 25.3 Å². The van der Waals surface area contributed by atoms with Crippen LogP contribution < -0.4 is 10.1 Å². The highest BCUT2D eigenvalue weighted by Gasteiger charge is 2.32. The fourth-order valence-electron chi connectivity index (χ4n) is 1.76. The van der Waals surface area contributed by atoms with Crippen molar-refractivity contribution in [3.05, 3.63) is 28.3 Å². The Balaban J connectivity index is 2.18. The first-order valence-electron chi connectivity index (χ1n) is 5.79. The molecule has 1 saturated carbocycles. The number of hydrogen-bond donors (Lipinski definition) is 1. The van der Waals surface area contributed by atoms with Gasteiger partial charge in [0.2, 0.25) is 0 Å². The highest BCUT2D eigenvalue weighted by molar-refractivity contribution is 5.58. The van der Waals surface area contributed by atoms with Crippen LogP contribution in [0.1, 0.15) is 20.3 Å². The average Bonchev–Trinajstić information content (AvgIpc) is 2.94. The van der Waals surface area contributed by atoms with Crippen LogP contribution in [0.3, 0.4) is 0 Å². The van der Waals surface area contributed by atoms with Gasteiger partial charge in [-0.3, -0.25) is 10.1 Å². The van der Waals surface area contributed by atoms with Crippen LogP contribution in [0.25, 0.3) is 0 Å². The van der Waals surface area contributed by atoms with Crippen LogP contribution in [0.4, 0.5) is 11.4 Å². The Morgan fingerprint density at radius 2 is 2.29 bits per heavy atom. The van der Waals surface area contributed by atoms with E-state index in [0.717, 1.165) is 12.1 Å². The van der Waals surface area contributed by atoms with Crippen molar-refractivity contribution in [2.24, 2.45) is 5.92 Å². The SMILES string of the molecule is CCOc1cc(NC2CC2C)ccc1[N+](=O)[O-]. The minimum absolute atomic E-state index is 0.0150. The lowest BCUT2D eigenvalue weighted by molar-refractivity contribution is -0.385. The molecule has 1 aliphatic rings. The first-order valence-corrected chi connectivity index (χ1v) is 5.79. The maximum absolute atomic E-state index is 10.8. The molecule has 2 atom stereocenters. The molecule has 0 heterocycles. The lowest BCUT2D eigenvalue weighted by Gasteiger charge is -2.08. The molecule has 0 aliphatic heterocycles. The van der Waals surface area contributed by atoms with E-state index in [1.54, 1.807) is 12.1 Å². The van der Waals surface area contributed by atoms with Gasteiger partial charge >= 0.3 is 5.69 Å². The third-order valence-electron chi connectivity index (χ3n) is 2.92. The predicted octanol–water partition coefficient (Wildman–Crippen LogP) is 2.81. The summed E-state index contributed by atoms with van der Waals surface area (Å²) in [5.41, 5.74) is 0.898. The summed E-state index contributed by atoms with van der Waals surface area (Å²) in [4.78, 5) is 10.4. The number of anilines is 1. The van der Waals surface area contributed by atoms with Crippen molar-refractivity contribution in [1.29, 1.82) is 0 Å². The Labute approximate surface area is 99.9 Å². The second-order valence-corrected chi connectivity index (χ2v) is 4.34. The van der Waals surface area contributed by atoms with E-state index in [1.165, 1.54) is 6.07 Å². The summed E-state index contributed by atoms with van der Waals surface area (Å²) >= 11 is 0. The van der Waals surface area contributed by atoms with Crippen molar-refractivity contribution in [3.8, 4) is 5.75 Å². The van der Waals surface area contributed by atoms with Crippen LogP contribution >= 0.6 is 0 Å². The van der Waals surface area contributed by atoms with Crippen molar-refractivity contribution in [2.45, 2.75) is 26.3 Å². The summed E-state index contributed by atoms with van der Waals surface area (Å²) in [5, 5.41) is 14.1. The van der Waals surface area contributed by atoms with E-state index in [0.29, 0.717) is 24.3 Å². The first-order chi connectivity index (χ1) is 8.11. The van der Waals surface area contributed by atoms with Gasteiger partial charge in [-0.2, -0.15) is 0 Å². The van der Waals surface area contributed by atoms with E-state index in [2.05, 4.69) is 12.2 Å². The predicted molar refractivity (Wildman–Crippen MR) is 65.5 cm³/mol. The van der Waals surface area contributed by atoms with Gasteiger partial charge in [0.05, 0.1) is 11.5 Å². The minimum Gasteiger partial charge on any atom is -0.487 e. The van der Waals surface area contributed by atoms with Crippen LogP contribution in [0.15, 0.2) is 18.2 Å². The molecule has 0 radical (unpaired) electrons. The molecule has 2 unspecified atom stereocenters. The normalized spacial score (nSPS) is 22.0. The molecule has 0 saturated heterocycles. The van der Waals surface area contributed by atoms with E-state index in [-0.39, 0.29) is 5.69 Å². The van der Waals surface area contributed by atoms with Gasteiger partial charge in [0.15, 0.2) is 5.75 Å². The summed E-state index contributed by atoms with van der Waals surface area (Å²) in [6, 6.07) is 5.41. The monoisotopic (exact) mass is 236 g/mol. The largest absolute Gasteiger partial charge is 0.487 e. The Kier molecular flexibility index (Phi) is 3.17. The fourth-order valence-corrected chi connectivity index (χ4v) is 1.76. The molecule has 1 aromatic rings. The average molecular weight is 236 g/mol. The highest BCUT2D eigenvalue weighted by Crippen LogP contribution is 2.35. The molecule has 1 fully saturated rings. The topological polar surface area (TPSA) is 64.4 Å². The Hall–Kier alpha value is -1.78. The number of hydrogen-bond acceptors (Lipinski definition) is 4. The molecule has 2 rings (SSSR count). The van der Waals surface area contributed by atoms with Crippen molar-refractivity contribution < 1.29 is 9.66 Å². The van der Waals surface area contributed by atoms with E-state index >= 15 is 0 Å². The van der Waals surface area contributed by atoms with Crippen molar-refractivity contribution in [2.75, 3.05) is 11.9 Å². The molecule has 1 N–H and O–H groups in total. The van der Waals surface area contributed by atoms with E-state index in [4.69, 9.17) is 4.74 Å². The molecule has 0 amide bonds. The second-order valence-electron chi connectivity index (χ2n) is 4.34. The molecule has 92 valence electrons. The fraction of sp³-hybridized carbons (Fsp3) is 0.500. The van der Waals surface area contributed by atoms with Crippen LogP contribution in [0, 0.1) is 16.0 Å². The molecule has 0 aromatic heterocycles. The van der Waals surface area contributed by atoms with Gasteiger partial charge in [-0.15, -0.1) is 0 Å². The number of nitrogens with one attached hydrogen (secondary N) is 1. The zero-order valence-corrected chi connectivity index (χ0v) is 9.97. The molecular formula is C12H16N2O3. The summed E-state index contributed by atoms with van der Waals surface area (Å²) in [5.74, 6) is 1.01. The lowest BCUT2D eigenvalue weighted by atomic mass is 10.2. The third kappa shape index (κ3) is 2.67. The van der Waals surface area contributed by atoms with Crippen molar-refractivity contribution in [1.82, 2.24) is 0 Å². The Bertz CT molecular complexity index is 434. The zero-order valence-electron chi connectivity index (χ0n) is 9.97. The number of rotatable bonds is 5. The van der Waals surface area contributed by atoms with Gasteiger partial charge < -0.3 is 10.1 Å². The third-order valence-corrected chi connectivity index (χ3v) is 2.92. The summed E-state index contributed by atoms with van der Waals surface area (Å²) in [6.07, 6.45) is 1.15. The van der Waals surface area contributed by atoms with Gasteiger partial charge in [0.25, 0.3) is 0 Å². The Morgan fingerprint density at radius 1 is 1.59 bits per heavy atom. The number of ether oxygens (including phenoxy) is 1. The number of benzene rings is 1. The highest BCUT2D eigenvalue weighted by atomic mass is 16.6. The summed E-state index contributed by atoms with van der Waals surface area (Å²) in [6.45, 7) is 4.41. The summed E-state index contributed by atoms with van der Waals surface area (Å²) < 4.78 is 5.29. The first kappa shape index (κ1) is 11.7. The van der Waals surface area contributed by atoms with Gasteiger partial charge in [0.1, 0.15) is 0 Å². The molecule has 1 aromatic carbocycles. The standard InChI is InChI=1S/C12H16N2O3/c1-3-17-12-7-9(13-10-6-8(10)2)4-5-11(12)14(15)16/h4-5,7-8,10,13H,3,6H2,1-2H3. The van der Waals surface area contributed by atoms with Crippen LogP contribution in [0.5, 0.6) is 5.75 Å². The molecule has 5 nitrogen and oxygen atoms in total. The lowest BCUT2D eigenvalue weighted by Crippen LogP contribution is -2.04. The number of nitrogens with zero attached hydrogens (tertiary/aromatic N) is 1. The van der Waals surface area contributed by atoms with Gasteiger partial charge in [-0.1, -0.05) is 6.92 Å². The molecule has 1 aliphatic carbocycles. The van der Waals surface area contributed by atoms with Crippen molar-refractivity contribution >= 4 is 11.4 Å². The van der Waals surface area contributed by atoms with E-state index in [1.807, 2.05) is 6.92 Å². The summed E-state index contributed by atoms with van der Waals surface area (Å²) in [7, 11) is 0. The second kappa shape index (κ2) is 4.61. The maximum Gasteiger partial charge on any atom is 0.311 e. The molecule has 17 heavy (non-hydrogen) atoms. The molecule has 0 bridgehead atoms. The number of nitro benzene ring substituents is 1. The zero-order chi connectivity index (χ0) is 12.4. The smallest absolute Gasteiger partial charge is 0.311 e. The quantitative estimate of drug-likeness (QED) is 0.630. The van der Waals surface area contributed by atoms with Crippen LogP contribution in [-0.2, 0) is 0 Å². The number of nitro groups is 1.